The van der Waals surface area contributed by atoms with Gasteiger partial charge in [0.1, 0.15) is 17.5 Å². The van der Waals surface area contributed by atoms with Gasteiger partial charge in [-0.05, 0) is 47.7 Å². The van der Waals surface area contributed by atoms with Gasteiger partial charge in [-0.15, -0.1) is 0 Å². The van der Waals surface area contributed by atoms with Crippen LogP contribution in [0.1, 0.15) is 51.6 Å². The summed E-state index contributed by atoms with van der Waals surface area (Å²) in [5.41, 5.74) is 2.46. The average molecular weight is 348 g/mol. The predicted octanol–water partition coefficient (Wildman–Crippen LogP) is 5.92. The second kappa shape index (κ2) is 6.17. The molecule has 0 bridgehead atoms. The Bertz CT molecular complexity index is 977. The molecular formula is C23H28N2O. The molecule has 2 aromatic carbocycles. The van der Waals surface area contributed by atoms with Crippen molar-refractivity contribution in [3.63, 3.8) is 0 Å². The maximum absolute atomic E-state index is 6.36. The Morgan fingerprint density at radius 1 is 1.15 bits per heavy atom. The van der Waals surface area contributed by atoms with Crippen molar-refractivity contribution in [2.75, 3.05) is 7.05 Å². The number of hydrogen-bond donors (Lipinski definition) is 1. The van der Waals surface area contributed by atoms with Crippen molar-refractivity contribution in [1.29, 1.82) is 0 Å². The van der Waals surface area contributed by atoms with Crippen molar-refractivity contribution in [3.05, 3.63) is 53.9 Å². The molecule has 2 atom stereocenters. The van der Waals surface area contributed by atoms with Gasteiger partial charge in [0.15, 0.2) is 0 Å². The van der Waals surface area contributed by atoms with E-state index in [4.69, 9.17) is 4.42 Å². The van der Waals surface area contributed by atoms with E-state index < -0.39 is 0 Å². The van der Waals surface area contributed by atoms with E-state index in [2.05, 4.69) is 93.6 Å². The maximum atomic E-state index is 6.36. The van der Waals surface area contributed by atoms with Gasteiger partial charge >= 0.3 is 0 Å². The van der Waals surface area contributed by atoms with Crippen molar-refractivity contribution in [2.45, 2.75) is 46.3 Å². The van der Waals surface area contributed by atoms with Crippen molar-refractivity contribution in [1.82, 2.24) is 10.2 Å². The fourth-order valence-corrected chi connectivity index (χ4v) is 4.10. The van der Waals surface area contributed by atoms with Gasteiger partial charge in [0, 0.05) is 30.2 Å². The molecule has 0 saturated heterocycles. The highest BCUT2D eigenvalue weighted by atomic mass is 16.3. The molecule has 0 radical (unpaired) electrons. The SMILES string of the molecule is C[C@H](CC(C)(C)C)NC1c2oc3cc4ccccc4cc3c2C=CN1C. The van der Waals surface area contributed by atoms with Gasteiger partial charge in [-0.25, -0.2) is 0 Å². The third kappa shape index (κ3) is 3.12. The molecular weight excluding hydrogens is 320 g/mol. The van der Waals surface area contributed by atoms with Gasteiger partial charge in [0.05, 0.1) is 0 Å². The van der Waals surface area contributed by atoms with E-state index >= 15 is 0 Å². The minimum Gasteiger partial charge on any atom is -0.457 e. The Morgan fingerprint density at radius 3 is 2.54 bits per heavy atom. The number of fused-ring (bicyclic) bond motifs is 4. The molecule has 1 aliphatic heterocycles. The largest absolute Gasteiger partial charge is 0.457 e. The lowest BCUT2D eigenvalue weighted by atomic mass is 9.88. The molecule has 0 aliphatic carbocycles. The van der Waals surface area contributed by atoms with Crippen LogP contribution in [0, 0.1) is 5.41 Å². The highest BCUT2D eigenvalue weighted by Crippen LogP contribution is 2.38. The number of furan rings is 1. The van der Waals surface area contributed by atoms with Crippen LogP contribution >= 0.6 is 0 Å². The van der Waals surface area contributed by atoms with Gasteiger partial charge < -0.3 is 9.32 Å². The first-order chi connectivity index (χ1) is 12.3. The summed E-state index contributed by atoms with van der Waals surface area (Å²) in [7, 11) is 2.10. The molecule has 3 nitrogen and oxygen atoms in total. The fourth-order valence-electron chi connectivity index (χ4n) is 4.10. The van der Waals surface area contributed by atoms with Gasteiger partial charge in [0.2, 0.25) is 0 Å². The minimum absolute atomic E-state index is 0.0582. The van der Waals surface area contributed by atoms with Crippen LogP contribution in [0.4, 0.5) is 0 Å². The third-order valence-corrected chi connectivity index (χ3v) is 5.12. The van der Waals surface area contributed by atoms with E-state index in [0.717, 1.165) is 17.8 Å². The molecule has 0 amide bonds. The first-order valence-corrected chi connectivity index (χ1v) is 9.43. The average Bonchev–Trinajstić information content (AvgIpc) is 2.91. The third-order valence-electron chi connectivity index (χ3n) is 5.12. The highest BCUT2D eigenvalue weighted by Gasteiger charge is 2.29. The fraction of sp³-hybridized carbons (Fsp3) is 0.391. The van der Waals surface area contributed by atoms with Crippen LogP contribution in [0.2, 0.25) is 0 Å². The Hall–Kier alpha value is -2.26. The maximum Gasteiger partial charge on any atom is 0.149 e. The van der Waals surface area contributed by atoms with Crippen molar-refractivity contribution >= 4 is 27.8 Å². The monoisotopic (exact) mass is 348 g/mol. The molecule has 0 spiro atoms. The van der Waals surface area contributed by atoms with E-state index in [1.54, 1.807) is 0 Å². The molecule has 1 unspecified atom stereocenters. The first kappa shape index (κ1) is 17.2. The van der Waals surface area contributed by atoms with Gasteiger partial charge in [-0.1, -0.05) is 45.0 Å². The molecule has 3 heteroatoms. The summed E-state index contributed by atoms with van der Waals surface area (Å²) in [6, 6.07) is 13.3. The van der Waals surface area contributed by atoms with Crippen LogP contribution in [0.15, 0.2) is 47.0 Å². The van der Waals surface area contributed by atoms with Crippen molar-refractivity contribution in [2.24, 2.45) is 5.41 Å². The number of benzene rings is 2. The topological polar surface area (TPSA) is 28.4 Å². The Morgan fingerprint density at radius 2 is 1.85 bits per heavy atom. The van der Waals surface area contributed by atoms with Gasteiger partial charge in [-0.2, -0.15) is 0 Å². The summed E-state index contributed by atoms with van der Waals surface area (Å²) in [4.78, 5) is 2.20. The number of rotatable bonds is 3. The molecule has 26 heavy (non-hydrogen) atoms. The lowest BCUT2D eigenvalue weighted by Gasteiger charge is -2.34. The zero-order valence-corrected chi connectivity index (χ0v) is 16.3. The molecule has 136 valence electrons. The normalized spacial score (nSPS) is 18.5. The number of nitrogens with one attached hydrogen (secondary N) is 1. The molecule has 4 rings (SSSR count). The van der Waals surface area contributed by atoms with E-state index in [0.29, 0.717) is 11.5 Å². The summed E-state index contributed by atoms with van der Waals surface area (Å²) >= 11 is 0. The molecule has 2 heterocycles. The van der Waals surface area contributed by atoms with E-state index in [9.17, 15) is 0 Å². The quantitative estimate of drug-likeness (QED) is 0.637. The number of hydrogen-bond acceptors (Lipinski definition) is 3. The summed E-state index contributed by atoms with van der Waals surface area (Å²) in [5.74, 6) is 1.01. The lowest BCUT2D eigenvalue weighted by molar-refractivity contribution is 0.200. The second-order valence-electron chi connectivity index (χ2n) is 8.79. The van der Waals surface area contributed by atoms with Crippen LogP contribution in [0.3, 0.4) is 0 Å². The summed E-state index contributed by atoms with van der Waals surface area (Å²) < 4.78 is 6.36. The summed E-state index contributed by atoms with van der Waals surface area (Å²) in [6.07, 6.45) is 5.49. The zero-order valence-electron chi connectivity index (χ0n) is 16.3. The lowest BCUT2D eigenvalue weighted by Crippen LogP contribution is -2.40. The summed E-state index contributed by atoms with van der Waals surface area (Å²) in [6.45, 7) is 9.11. The molecule has 1 aromatic heterocycles. The van der Waals surface area contributed by atoms with Crippen LogP contribution < -0.4 is 5.32 Å². The Kier molecular flexibility index (Phi) is 4.07. The van der Waals surface area contributed by atoms with Crippen molar-refractivity contribution in [3.8, 4) is 0 Å². The zero-order chi connectivity index (χ0) is 18.5. The van der Waals surface area contributed by atoms with Crippen LogP contribution in [0.5, 0.6) is 0 Å². The molecule has 1 aliphatic rings. The van der Waals surface area contributed by atoms with E-state index in [1.165, 1.54) is 21.7 Å². The van der Waals surface area contributed by atoms with Crippen LogP contribution in [-0.4, -0.2) is 18.0 Å². The van der Waals surface area contributed by atoms with E-state index in [-0.39, 0.29) is 6.17 Å². The predicted molar refractivity (Wildman–Crippen MR) is 110 cm³/mol. The Balaban J connectivity index is 1.75. The van der Waals surface area contributed by atoms with Crippen molar-refractivity contribution < 1.29 is 4.42 Å². The van der Waals surface area contributed by atoms with E-state index in [1.807, 2.05) is 0 Å². The Labute approximate surface area is 155 Å². The van der Waals surface area contributed by atoms with Gasteiger partial charge in [0.25, 0.3) is 0 Å². The smallest absolute Gasteiger partial charge is 0.149 e. The molecule has 0 fully saturated rings. The van der Waals surface area contributed by atoms with Crippen LogP contribution in [0.25, 0.3) is 27.8 Å². The minimum atomic E-state index is 0.0582. The molecule has 3 aromatic rings. The summed E-state index contributed by atoms with van der Waals surface area (Å²) in [5, 5.41) is 7.43. The highest BCUT2D eigenvalue weighted by molar-refractivity contribution is 6.00. The van der Waals surface area contributed by atoms with Gasteiger partial charge in [-0.3, -0.25) is 5.32 Å². The number of nitrogens with zero attached hydrogens (tertiary/aromatic N) is 1. The first-order valence-electron chi connectivity index (χ1n) is 9.43. The van der Waals surface area contributed by atoms with Crippen LogP contribution in [-0.2, 0) is 0 Å². The molecule has 1 N–H and O–H groups in total. The standard InChI is InChI=1S/C23H28N2O/c1-15(14-23(2,3)4)24-22-21-18(10-11-25(22)5)19-12-16-8-6-7-9-17(16)13-20(19)26-21/h6-13,15,22,24H,14H2,1-5H3/t15-,22?/m1/s1. The molecule has 0 saturated carbocycles. The second-order valence-corrected chi connectivity index (χ2v) is 8.79.